The Morgan fingerprint density at radius 3 is 2.34 bits per heavy atom. The molecule has 168 valence electrons. The molecule has 1 amide bonds. The van der Waals surface area contributed by atoms with Crippen LogP contribution in [0.4, 0.5) is 24.7 Å². The van der Waals surface area contributed by atoms with Crippen LogP contribution in [0.1, 0.15) is 29.8 Å². The summed E-state index contributed by atoms with van der Waals surface area (Å²) in [5.74, 6) is 0.764. The third kappa shape index (κ3) is 4.74. The Kier molecular flexibility index (Phi) is 5.86. The molecule has 0 radical (unpaired) electrons. The molecule has 32 heavy (non-hydrogen) atoms. The Balaban J connectivity index is 1.40. The minimum Gasteiger partial charge on any atom is -0.354 e. The molecule has 1 saturated heterocycles. The molecule has 1 unspecified atom stereocenters. The van der Waals surface area contributed by atoms with Crippen LogP contribution in [-0.2, 0) is 11.0 Å². The van der Waals surface area contributed by atoms with Crippen LogP contribution in [-0.4, -0.2) is 39.0 Å². The van der Waals surface area contributed by atoms with Crippen LogP contribution in [0, 0.1) is 19.8 Å². The summed E-state index contributed by atoms with van der Waals surface area (Å²) in [5, 5.41) is 15.7. The van der Waals surface area contributed by atoms with Crippen LogP contribution >= 0.6 is 0 Å². The van der Waals surface area contributed by atoms with Gasteiger partial charge in [-0.1, -0.05) is 0 Å². The van der Waals surface area contributed by atoms with E-state index in [0.29, 0.717) is 30.3 Å². The first-order chi connectivity index (χ1) is 15.2. The zero-order chi connectivity index (χ0) is 22.9. The lowest BCUT2D eigenvalue weighted by Crippen LogP contribution is -2.41. The predicted octanol–water partition coefficient (Wildman–Crippen LogP) is 4.15. The Morgan fingerprint density at radius 2 is 1.75 bits per heavy atom. The predicted molar refractivity (Wildman–Crippen MR) is 114 cm³/mol. The van der Waals surface area contributed by atoms with Crippen LogP contribution in [0.25, 0.3) is 5.82 Å². The maximum absolute atomic E-state index is 12.7. The summed E-state index contributed by atoms with van der Waals surface area (Å²) in [7, 11) is 0. The Bertz CT molecular complexity index is 1090. The summed E-state index contributed by atoms with van der Waals surface area (Å²) in [5.41, 5.74) is 1.45. The Morgan fingerprint density at radius 1 is 1.06 bits per heavy atom. The fourth-order valence-corrected chi connectivity index (χ4v) is 3.85. The molecule has 2 aromatic heterocycles. The smallest absolute Gasteiger partial charge is 0.354 e. The number of nitrogens with one attached hydrogen (secondary N) is 1. The maximum atomic E-state index is 12.7. The van der Waals surface area contributed by atoms with Gasteiger partial charge in [0.2, 0.25) is 5.91 Å². The van der Waals surface area contributed by atoms with Gasteiger partial charge in [0, 0.05) is 24.5 Å². The summed E-state index contributed by atoms with van der Waals surface area (Å²) in [6.07, 6.45) is -2.91. The van der Waals surface area contributed by atoms with E-state index in [9.17, 15) is 18.0 Å². The highest BCUT2D eigenvalue weighted by molar-refractivity contribution is 5.93. The fourth-order valence-electron chi connectivity index (χ4n) is 3.85. The Labute approximate surface area is 183 Å². The lowest BCUT2D eigenvalue weighted by Gasteiger charge is -2.32. The van der Waals surface area contributed by atoms with Crippen molar-refractivity contribution in [1.29, 1.82) is 0 Å². The van der Waals surface area contributed by atoms with Crippen LogP contribution in [0.2, 0.25) is 0 Å². The molecule has 1 aromatic carbocycles. The number of hydrogen-bond acceptors (Lipinski definition) is 5. The maximum Gasteiger partial charge on any atom is 0.416 e. The molecule has 1 atom stereocenters. The molecule has 1 aliphatic heterocycles. The molecule has 3 heterocycles. The third-order valence-corrected chi connectivity index (χ3v) is 5.46. The van der Waals surface area contributed by atoms with Crippen molar-refractivity contribution in [3.05, 3.63) is 59.4 Å². The zero-order valence-electron chi connectivity index (χ0n) is 17.7. The summed E-state index contributed by atoms with van der Waals surface area (Å²) in [6, 6.07) is 10.1. The lowest BCUT2D eigenvalue weighted by molar-refractivity contribution is -0.137. The fraction of sp³-hybridized carbons (Fsp3) is 0.364. The molecular formula is C22H23F3N6O. The van der Waals surface area contributed by atoms with E-state index in [0.717, 1.165) is 36.5 Å². The van der Waals surface area contributed by atoms with E-state index in [-0.39, 0.29) is 11.8 Å². The first kappa shape index (κ1) is 21.8. The number of hydrogen-bond donors (Lipinski definition) is 1. The number of aryl methyl sites for hydroxylation is 2. The summed E-state index contributed by atoms with van der Waals surface area (Å²) in [4.78, 5) is 14.7. The number of nitrogens with zero attached hydrogens (tertiary/aromatic N) is 5. The molecule has 1 N–H and O–H groups in total. The van der Waals surface area contributed by atoms with E-state index >= 15 is 0 Å². The van der Waals surface area contributed by atoms with Gasteiger partial charge < -0.3 is 10.2 Å². The molecule has 10 heteroatoms. The van der Waals surface area contributed by atoms with Gasteiger partial charge in [-0.05, 0) is 69.2 Å². The number of alkyl halides is 3. The van der Waals surface area contributed by atoms with Gasteiger partial charge >= 0.3 is 6.18 Å². The molecule has 1 aliphatic rings. The lowest BCUT2D eigenvalue weighted by atomic mass is 9.97. The highest BCUT2D eigenvalue weighted by Crippen LogP contribution is 2.30. The molecule has 7 nitrogen and oxygen atoms in total. The number of halogens is 3. The number of anilines is 2. The van der Waals surface area contributed by atoms with Crippen molar-refractivity contribution in [3.63, 3.8) is 0 Å². The molecule has 0 bridgehead atoms. The van der Waals surface area contributed by atoms with E-state index in [2.05, 4.69) is 20.6 Å². The second-order valence-corrected chi connectivity index (χ2v) is 7.94. The van der Waals surface area contributed by atoms with Gasteiger partial charge in [-0.15, -0.1) is 10.2 Å². The number of carbonyl (C=O) groups excluding carboxylic acids is 1. The molecule has 0 saturated carbocycles. The van der Waals surface area contributed by atoms with E-state index in [1.807, 2.05) is 36.9 Å². The molecule has 0 spiro atoms. The monoisotopic (exact) mass is 444 g/mol. The average Bonchev–Trinajstić information content (AvgIpc) is 3.11. The van der Waals surface area contributed by atoms with E-state index in [1.54, 1.807) is 4.68 Å². The topological polar surface area (TPSA) is 75.9 Å². The third-order valence-electron chi connectivity index (χ3n) is 5.46. The normalized spacial score (nSPS) is 16.8. The van der Waals surface area contributed by atoms with Crippen molar-refractivity contribution >= 4 is 17.4 Å². The highest BCUT2D eigenvalue weighted by atomic mass is 19.4. The second-order valence-electron chi connectivity index (χ2n) is 7.94. The van der Waals surface area contributed by atoms with Crippen LogP contribution < -0.4 is 10.2 Å². The van der Waals surface area contributed by atoms with E-state index in [1.165, 1.54) is 12.1 Å². The molecule has 4 rings (SSSR count). The molecule has 1 fully saturated rings. The molecule has 3 aromatic rings. The van der Waals surface area contributed by atoms with Gasteiger partial charge in [-0.3, -0.25) is 4.79 Å². The van der Waals surface area contributed by atoms with Crippen molar-refractivity contribution in [2.75, 3.05) is 23.3 Å². The van der Waals surface area contributed by atoms with Gasteiger partial charge in [0.15, 0.2) is 11.6 Å². The van der Waals surface area contributed by atoms with Crippen LogP contribution in [0.3, 0.4) is 0 Å². The number of amides is 1. The quantitative estimate of drug-likeness (QED) is 0.654. The van der Waals surface area contributed by atoms with Crippen molar-refractivity contribution in [1.82, 2.24) is 20.0 Å². The van der Waals surface area contributed by atoms with Gasteiger partial charge in [0.05, 0.1) is 17.2 Å². The van der Waals surface area contributed by atoms with E-state index < -0.39 is 11.7 Å². The van der Waals surface area contributed by atoms with E-state index in [4.69, 9.17) is 0 Å². The molecule has 0 aliphatic carbocycles. The SMILES string of the molecule is Cc1cc(C)n(-c2ccc(N3CCCC(C(=O)Nc4ccc(C(F)(F)F)cc4)C3)nn2)n1. The number of piperidine rings is 1. The minimum absolute atomic E-state index is 0.221. The summed E-state index contributed by atoms with van der Waals surface area (Å²) >= 11 is 0. The largest absolute Gasteiger partial charge is 0.416 e. The minimum atomic E-state index is -4.40. The van der Waals surface area contributed by atoms with Gasteiger partial charge in [0.1, 0.15) is 0 Å². The van der Waals surface area contributed by atoms with Crippen LogP contribution in [0.5, 0.6) is 0 Å². The van der Waals surface area contributed by atoms with Crippen molar-refractivity contribution in [2.24, 2.45) is 5.92 Å². The highest BCUT2D eigenvalue weighted by Gasteiger charge is 2.30. The second kappa shape index (κ2) is 8.60. The van der Waals surface area contributed by atoms with Crippen molar-refractivity contribution < 1.29 is 18.0 Å². The average molecular weight is 444 g/mol. The molecular weight excluding hydrogens is 421 g/mol. The number of benzene rings is 1. The zero-order valence-corrected chi connectivity index (χ0v) is 17.7. The number of rotatable bonds is 4. The van der Waals surface area contributed by atoms with Gasteiger partial charge in [-0.2, -0.15) is 18.3 Å². The van der Waals surface area contributed by atoms with Gasteiger partial charge in [-0.25, -0.2) is 4.68 Å². The first-order valence-corrected chi connectivity index (χ1v) is 10.3. The number of carbonyl (C=O) groups is 1. The summed E-state index contributed by atoms with van der Waals surface area (Å²) in [6.45, 7) is 5.06. The number of aromatic nitrogens is 4. The van der Waals surface area contributed by atoms with Crippen molar-refractivity contribution in [3.8, 4) is 5.82 Å². The summed E-state index contributed by atoms with van der Waals surface area (Å²) < 4.78 is 39.9. The standard InChI is InChI=1S/C22H23F3N6O/c1-14-12-15(2)31(29-14)20-10-9-19(27-28-20)30-11-3-4-16(13-30)21(32)26-18-7-5-17(6-8-18)22(23,24)25/h5-10,12,16H,3-4,11,13H2,1-2H3,(H,26,32). The first-order valence-electron chi connectivity index (χ1n) is 10.3. The van der Waals surface area contributed by atoms with Crippen molar-refractivity contribution in [2.45, 2.75) is 32.9 Å². The Hall–Kier alpha value is -3.43. The van der Waals surface area contributed by atoms with Crippen LogP contribution in [0.15, 0.2) is 42.5 Å². The van der Waals surface area contributed by atoms with Gasteiger partial charge in [0.25, 0.3) is 0 Å².